The standard InChI is InChI=1S/C22H18N2O/c1-16-8-7-13-23-21(16)22-19(15-25)18-11-5-6-12-20(18)24(22)14-17-9-3-2-4-10-17/h2-13,15H,14H2,1H3. The van der Waals surface area contributed by atoms with Crippen LogP contribution in [-0.4, -0.2) is 15.8 Å². The Kier molecular flexibility index (Phi) is 3.90. The van der Waals surface area contributed by atoms with E-state index in [2.05, 4.69) is 27.8 Å². The van der Waals surface area contributed by atoms with E-state index in [1.807, 2.05) is 55.5 Å². The predicted octanol–water partition coefficient (Wildman–Crippen LogP) is 4.87. The largest absolute Gasteiger partial charge is 0.334 e. The molecule has 0 saturated heterocycles. The smallest absolute Gasteiger partial charge is 0.152 e. The van der Waals surface area contributed by atoms with Gasteiger partial charge in [-0.15, -0.1) is 0 Å². The summed E-state index contributed by atoms with van der Waals surface area (Å²) in [6.07, 6.45) is 2.73. The highest BCUT2D eigenvalue weighted by Gasteiger charge is 2.20. The van der Waals surface area contributed by atoms with E-state index in [0.717, 1.165) is 34.1 Å². The molecule has 122 valence electrons. The number of carbonyl (C=O) groups excluding carboxylic acids is 1. The van der Waals surface area contributed by atoms with Crippen molar-refractivity contribution in [1.82, 2.24) is 9.55 Å². The second-order valence-corrected chi connectivity index (χ2v) is 6.14. The third-order valence-electron chi connectivity index (χ3n) is 4.55. The van der Waals surface area contributed by atoms with Crippen LogP contribution < -0.4 is 0 Å². The molecule has 0 atom stereocenters. The SMILES string of the molecule is Cc1cccnc1-c1c(C=O)c2ccccc2n1Cc1ccccc1. The number of carbonyl (C=O) groups is 1. The quantitative estimate of drug-likeness (QED) is 0.501. The number of aryl methyl sites for hydroxylation is 1. The van der Waals surface area contributed by atoms with E-state index in [9.17, 15) is 4.79 Å². The fourth-order valence-corrected chi connectivity index (χ4v) is 3.37. The molecule has 2 aromatic carbocycles. The minimum Gasteiger partial charge on any atom is -0.334 e. The predicted molar refractivity (Wildman–Crippen MR) is 101 cm³/mol. The highest BCUT2D eigenvalue weighted by Crippen LogP contribution is 2.33. The maximum absolute atomic E-state index is 12.0. The lowest BCUT2D eigenvalue weighted by molar-refractivity contribution is 0.112. The molecular formula is C22H18N2O. The summed E-state index contributed by atoms with van der Waals surface area (Å²) in [4.78, 5) is 16.5. The molecule has 0 N–H and O–H groups in total. The summed E-state index contributed by atoms with van der Waals surface area (Å²) in [7, 11) is 0. The Hall–Kier alpha value is -3.20. The lowest BCUT2D eigenvalue weighted by atomic mass is 10.1. The van der Waals surface area contributed by atoms with Crippen molar-refractivity contribution in [2.24, 2.45) is 0 Å². The molecule has 0 fully saturated rings. The van der Waals surface area contributed by atoms with Crippen molar-refractivity contribution in [2.75, 3.05) is 0 Å². The molecular weight excluding hydrogens is 308 g/mol. The zero-order valence-corrected chi connectivity index (χ0v) is 14.0. The number of aromatic nitrogens is 2. The summed E-state index contributed by atoms with van der Waals surface area (Å²) in [6.45, 7) is 2.72. The van der Waals surface area contributed by atoms with Crippen LogP contribution in [-0.2, 0) is 6.54 Å². The maximum Gasteiger partial charge on any atom is 0.152 e. The lowest BCUT2D eigenvalue weighted by Crippen LogP contribution is -2.04. The number of pyridine rings is 1. The van der Waals surface area contributed by atoms with Gasteiger partial charge in [-0.25, -0.2) is 0 Å². The third kappa shape index (κ3) is 2.64. The molecule has 0 aliphatic carbocycles. The van der Waals surface area contributed by atoms with Gasteiger partial charge >= 0.3 is 0 Å². The first-order valence-corrected chi connectivity index (χ1v) is 8.32. The van der Waals surface area contributed by atoms with Gasteiger partial charge in [-0.05, 0) is 30.2 Å². The van der Waals surface area contributed by atoms with Crippen LogP contribution in [0, 0.1) is 6.92 Å². The first-order chi connectivity index (χ1) is 12.3. The Bertz CT molecular complexity index is 1050. The van der Waals surface area contributed by atoms with Crippen LogP contribution in [0.2, 0.25) is 0 Å². The number of hydrogen-bond donors (Lipinski definition) is 0. The molecule has 0 radical (unpaired) electrons. The summed E-state index contributed by atoms with van der Waals surface area (Å²) in [6, 6.07) is 22.3. The number of nitrogens with zero attached hydrogens (tertiary/aromatic N) is 2. The van der Waals surface area contributed by atoms with E-state index in [1.165, 1.54) is 5.56 Å². The van der Waals surface area contributed by atoms with Gasteiger partial charge in [0.25, 0.3) is 0 Å². The second-order valence-electron chi connectivity index (χ2n) is 6.14. The average Bonchev–Trinajstić information content (AvgIpc) is 2.96. The second kappa shape index (κ2) is 6.36. The highest BCUT2D eigenvalue weighted by molar-refractivity contribution is 6.04. The molecule has 0 aliphatic heterocycles. The molecule has 2 heterocycles. The Labute approximate surface area is 146 Å². The Morgan fingerprint density at radius 1 is 0.960 bits per heavy atom. The van der Waals surface area contributed by atoms with E-state index in [1.54, 1.807) is 6.20 Å². The van der Waals surface area contributed by atoms with Crippen LogP contribution in [0.1, 0.15) is 21.5 Å². The van der Waals surface area contributed by atoms with E-state index >= 15 is 0 Å². The number of para-hydroxylation sites is 1. The molecule has 0 aliphatic rings. The maximum atomic E-state index is 12.0. The molecule has 4 aromatic rings. The minimum atomic E-state index is 0.695. The Morgan fingerprint density at radius 3 is 2.48 bits per heavy atom. The molecule has 2 aromatic heterocycles. The van der Waals surface area contributed by atoms with Gasteiger partial charge in [0, 0.05) is 29.2 Å². The monoisotopic (exact) mass is 326 g/mol. The molecule has 0 saturated carbocycles. The van der Waals surface area contributed by atoms with Gasteiger partial charge < -0.3 is 4.57 Å². The van der Waals surface area contributed by atoms with Crippen LogP contribution in [0.4, 0.5) is 0 Å². The topological polar surface area (TPSA) is 34.9 Å². The van der Waals surface area contributed by atoms with Crippen LogP contribution >= 0.6 is 0 Å². The van der Waals surface area contributed by atoms with Gasteiger partial charge in [0.2, 0.25) is 0 Å². The molecule has 25 heavy (non-hydrogen) atoms. The van der Waals surface area contributed by atoms with E-state index in [4.69, 9.17) is 0 Å². The fourth-order valence-electron chi connectivity index (χ4n) is 3.37. The molecule has 3 heteroatoms. The van der Waals surface area contributed by atoms with Crippen LogP contribution in [0.15, 0.2) is 72.9 Å². The fraction of sp³-hybridized carbons (Fsp3) is 0.0909. The van der Waals surface area contributed by atoms with Crippen molar-refractivity contribution >= 4 is 17.2 Å². The van der Waals surface area contributed by atoms with Crippen LogP contribution in [0.5, 0.6) is 0 Å². The molecule has 0 amide bonds. The van der Waals surface area contributed by atoms with Crippen molar-refractivity contribution < 1.29 is 4.79 Å². The Balaban J connectivity index is 2.04. The molecule has 0 unspecified atom stereocenters. The van der Waals surface area contributed by atoms with Crippen LogP contribution in [0.25, 0.3) is 22.3 Å². The number of fused-ring (bicyclic) bond motifs is 1. The van der Waals surface area contributed by atoms with Crippen molar-refractivity contribution in [2.45, 2.75) is 13.5 Å². The van der Waals surface area contributed by atoms with Crippen LogP contribution in [0.3, 0.4) is 0 Å². The summed E-state index contributed by atoms with van der Waals surface area (Å²) in [5, 5.41) is 0.966. The first kappa shape index (κ1) is 15.3. The number of benzene rings is 2. The highest BCUT2D eigenvalue weighted by atomic mass is 16.1. The molecule has 0 spiro atoms. The lowest BCUT2D eigenvalue weighted by Gasteiger charge is -2.13. The van der Waals surface area contributed by atoms with E-state index < -0.39 is 0 Å². The van der Waals surface area contributed by atoms with Crippen molar-refractivity contribution in [3.63, 3.8) is 0 Å². The third-order valence-corrected chi connectivity index (χ3v) is 4.55. The zero-order valence-electron chi connectivity index (χ0n) is 14.0. The van der Waals surface area contributed by atoms with Gasteiger partial charge in [0.05, 0.1) is 11.4 Å². The van der Waals surface area contributed by atoms with Crippen molar-refractivity contribution in [1.29, 1.82) is 0 Å². The molecule has 4 rings (SSSR count). The van der Waals surface area contributed by atoms with Gasteiger partial charge in [-0.2, -0.15) is 0 Å². The number of rotatable bonds is 4. The number of hydrogen-bond acceptors (Lipinski definition) is 2. The summed E-state index contributed by atoms with van der Waals surface area (Å²) in [5.74, 6) is 0. The first-order valence-electron chi connectivity index (χ1n) is 8.32. The van der Waals surface area contributed by atoms with Crippen molar-refractivity contribution in [3.05, 3.63) is 89.6 Å². The van der Waals surface area contributed by atoms with Gasteiger partial charge in [0.15, 0.2) is 6.29 Å². The van der Waals surface area contributed by atoms with Gasteiger partial charge in [0.1, 0.15) is 0 Å². The molecule has 3 nitrogen and oxygen atoms in total. The number of aldehydes is 1. The summed E-state index contributed by atoms with van der Waals surface area (Å²) >= 11 is 0. The van der Waals surface area contributed by atoms with E-state index in [0.29, 0.717) is 12.1 Å². The van der Waals surface area contributed by atoms with Crippen molar-refractivity contribution in [3.8, 4) is 11.4 Å². The zero-order chi connectivity index (χ0) is 17.2. The average molecular weight is 326 g/mol. The molecule has 0 bridgehead atoms. The van der Waals surface area contributed by atoms with Gasteiger partial charge in [-0.3, -0.25) is 9.78 Å². The van der Waals surface area contributed by atoms with E-state index in [-0.39, 0.29) is 0 Å². The van der Waals surface area contributed by atoms with Gasteiger partial charge in [-0.1, -0.05) is 54.6 Å². The minimum absolute atomic E-state index is 0.695. The normalized spacial score (nSPS) is 10.9. The summed E-state index contributed by atoms with van der Waals surface area (Å²) in [5.41, 5.74) is 5.75. The Morgan fingerprint density at radius 2 is 1.72 bits per heavy atom. The summed E-state index contributed by atoms with van der Waals surface area (Å²) < 4.78 is 2.20.